The average molecular weight is 299 g/mol. The Bertz CT molecular complexity index is 424. The molecule has 4 N–H and O–H groups in total. The van der Waals surface area contributed by atoms with Gasteiger partial charge in [-0.1, -0.05) is 0 Å². The molecule has 0 aromatic carbocycles. The molecule has 1 fully saturated rings. The average Bonchev–Trinajstić information content (AvgIpc) is 2.22. The lowest BCUT2D eigenvalue weighted by molar-refractivity contribution is -0.139. The van der Waals surface area contributed by atoms with E-state index in [9.17, 15) is 14.4 Å². The van der Waals surface area contributed by atoms with Gasteiger partial charge in [0.1, 0.15) is 6.04 Å². The molecule has 1 aliphatic rings. The molecule has 7 heteroatoms. The number of carbonyl (C=O) groups excluding carboxylic acids is 2. The summed E-state index contributed by atoms with van der Waals surface area (Å²) in [4.78, 5) is 34.6. The van der Waals surface area contributed by atoms with E-state index in [-0.39, 0.29) is 17.9 Å². The molecule has 0 aromatic heterocycles. The smallest absolute Gasteiger partial charge is 0.315 e. The van der Waals surface area contributed by atoms with E-state index in [1.165, 1.54) is 0 Å². The Morgan fingerprint density at radius 3 is 2.19 bits per heavy atom. The van der Waals surface area contributed by atoms with Gasteiger partial charge in [-0.25, -0.2) is 4.79 Å². The number of carboxylic acids is 1. The van der Waals surface area contributed by atoms with Gasteiger partial charge >= 0.3 is 12.0 Å². The number of aliphatic carboxylic acids is 1. The normalized spacial score (nSPS) is 18.1. The van der Waals surface area contributed by atoms with E-state index in [0.717, 1.165) is 6.42 Å². The van der Waals surface area contributed by atoms with E-state index in [0.29, 0.717) is 12.8 Å². The van der Waals surface area contributed by atoms with Gasteiger partial charge in [0.15, 0.2) is 0 Å². The third kappa shape index (κ3) is 5.61. The first-order valence-corrected chi connectivity index (χ1v) is 7.15. The summed E-state index contributed by atoms with van der Waals surface area (Å²) in [7, 11) is 0. The van der Waals surface area contributed by atoms with E-state index in [2.05, 4.69) is 16.0 Å². The van der Waals surface area contributed by atoms with Gasteiger partial charge in [-0.2, -0.15) is 0 Å². The first kappa shape index (κ1) is 17.3. The fourth-order valence-electron chi connectivity index (χ4n) is 2.26. The maximum atomic E-state index is 11.9. The Labute approximate surface area is 124 Å². The van der Waals surface area contributed by atoms with Gasteiger partial charge in [-0.05, 0) is 47.0 Å². The fourth-order valence-corrected chi connectivity index (χ4v) is 2.26. The molecular weight excluding hydrogens is 274 g/mol. The SMILES string of the molecule is CC(NC(=O)NC1(CC(=O)O)CCC1)C(=O)NC(C)(C)C. The number of nitrogens with one attached hydrogen (secondary N) is 3. The Balaban J connectivity index is 2.49. The van der Waals surface area contributed by atoms with Crippen molar-refractivity contribution in [3.05, 3.63) is 0 Å². The zero-order valence-corrected chi connectivity index (χ0v) is 13.1. The van der Waals surface area contributed by atoms with E-state index < -0.39 is 23.6 Å². The highest BCUT2D eigenvalue weighted by molar-refractivity contribution is 5.87. The van der Waals surface area contributed by atoms with Crippen molar-refractivity contribution in [2.75, 3.05) is 0 Å². The zero-order chi connectivity index (χ0) is 16.3. The van der Waals surface area contributed by atoms with Crippen molar-refractivity contribution in [3.63, 3.8) is 0 Å². The molecule has 0 bridgehead atoms. The molecule has 0 radical (unpaired) electrons. The van der Waals surface area contributed by atoms with Gasteiger partial charge in [-0.3, -0.25) is 9.59 Å². The van der Waals surface area contributed by atoms with E-state index in [4.69, 9.17) is 5.11 Å². The van der Waals surface area contributed by atoms with Crippen LogP contribution in [0.4, 0.5) is 4.79 Å². The summed E-state index contributed by atoms with van der Waals surface area (Å²) in [5.74, 6) is -1.22. The van der Waals surface area contributed by atoms with Gasteiger partial charge in [0, 0.05) is 5.54 Å². The second kappa shape index (κ2) is 6.32. The Morgan fingerprint density at radius 1 is 1.24 bits per heavy atom. The summed E-state index contributed by atoms with van der Waals surface area (Å²) >= 11 is 0. The van der Waals surface area contributed by atoms with Gasteiger partial charge in [0.05, 0.1) is 12.0 Å². The Kier molecular flexibility index (Phi) is 5.20. The molecule has 120 valence electrons. The number of amides is 3. The predicted octanol–water partition coefficient (Wildman–Crippen LogP) is 0.986. The van der Waals surface area contributed by atoms with Crippen LogP contribution >= 0.6 is 0 Å². The molecule has 1 rings (SSSR count). The lowest BCUT2D eigenvalue weighted by Gasteiger charge is -2.41. The van der Waals surface area contributed by atoms with E-state index in [1.54, 1.807) is 6.92 Å². The molecule has 7 nitrogen and oxygen atoms in total. The lowest BCUT2D eigenvalue weighted by Crippen LogP contribution is -2.60. The van der Waals surface area contributed by atoms with Crippen LogP contribution in [0.25, 0.3) is 0 Å². The van der Waals surface area contributed by atoms with Crippen molar-refractivity contribution in [2.24, 2.45) is 0 Å². The second-order valence-corrected chi connectivity index (χ2v) is 6.76. The largest absolute Gasteiger partial charge is 0.481 e. The third-order valence-electron chi connectivity index (χ3n) is 3.42. The molecule has 1 aliphatic carbocycles. The number of hydrogen-bond acceptors (Lipinski definition) is 3. The van der Waals surface area contributed by atoms with Gasteiger partial charge in [-0.15, -0.1) is 0 Å². The van der Waals surface area contributed by atoms with Crippen LogP contribution in [0.3, 0.4) is 0 Å². The topological polar surface area (TPSA) is 108 Å². The van der Waals surface area contributed by atoms with Crippen molar-refractivity contribution in [1.29, 1.82) is 0 Å². The molecule has 0 aliphatic heterocycles. The lowest BCUT2D eigenvalue weighted by atomic mass is 9.74. The van der Waals surface area contributed by atoms with E-state index >= 15 is 0 Å². The molecule has 0 heterocycles. The van der Waals surface area contributed by atoms with Gasteiger partial charge in [0.2, 0.25) is 5.91 Å². The number of carbonyl (C=O) groups is 3. The first-order chi connectivity index (χ1) is 9.53. The first-order valence-electron chi connectivity index (χ1n) is 7.15. The number of urea groups is 1. The van der Waals surface area contributed by atoms with Crippen molar-refractivity contribution in [1.82, 2.24) is 16.0 Å². The quantitative estimate of drug-likeness (QED) is 0.607. The van der Waals surface area contributed by atoms with Crippen LogP contribution in [-0.2, 0) is 9.59 Å². The highest BCUT2D eigenvalue weighted by atomic mass is 16.4. The maximum Gasteiger partial charge on any atom is 0.315 e. The molecule has 3 amide bonds. The minimum atomic E-state index is -0.937. The van der Waals surface area contributed by atoms with E-state index in [1.807, 2.05) is 20.8 Å². The molecule has 1 atom stereocenters. The number of carboxylic acid groups (broad SMARTS) is 1. The summed E-state index contributed by atoms with van der Waals surface area (Å²) < 4.78 is 0. The highest BCUT2D eigenvalue weighted by Gasteiger charge is 2.40. The molecule has 0 spiro atoms. The summed E-state index contributed by atoms with van der Waals surface area (Å²) in [6.07, 6.45) is 2.10. The van der Waals surface area contributed by atoms with Crippen LogP contribution in [0, 0.1) is 0 Å². The summed E-state index contributed by atoms with van der Waals surface area (Å²) in [6.45, 7) is 7.15. The van der Waals surface area contributed by atoms with Crippen LogP contribution in [0.5, 0.6) is 0 Å². The molecule has 0 saturated heterocycles. The molecule has 0 aromatic rings. The van der Waals surface area contributed by atoms with Crippen LogP contribution in [0.1, 0.15) is 53.4 Å². The predicted molar refractivity (Wildman–Crippen MR) is 77.9 cm³/mol. The van der Waals surface area contributed by atoms with Crippen LogP contribution in [0.2, 0.25) is 0 Å². The number of hydrogen-bond donors (Lipinski definition) is 4. The van der Waals surface area contributed by atoms with Crippen LogP contribution < -0.4 is 16.0 Å². The Hall–Kier alpha value is -1.79. The zero-order valence-electron chi connectivity index (χ0n) is 13.1. The van der Waals surface area contributed by atoms with Crippen molar-refractivity contribution in [2.45, 2.75) is 70.5 Å². The minimum absolute atomic E-state index is 0.0943. The van der Waals surface area contributed by atoms with Crippen molar-refractivity contribution in [3.8, 4) is 0 Å². The van der Waals surface area contributed by atoms with Crippen LogP contribution in [-0.4, -0.2) is 40.1 Å². The summed E-state index contributed by atoms with van der Waals surface area (Å²) in [5.41, 5.74) is -1.04. The summed E-state index contributed by atoms with van der Waals surface area (Å²) in [5, 5.41) is 16.9. The molecule has 1 saturated carbocycles. The Morgan fingerprint density at radius 2 is 1.81 bits per heavy atom. The molecule has 1 unspecified atom stereocenters. The maximum absolute atomic E-state index is 11.9. The van der Waals surface area contributed by atoms with Gasteiger partial charge in [0.25, 0.3) is 0 Å². The standard InChI is InChI=1S/C14H25N3O4/c1-9(11(20)16-13(2,3)4)15-12(21)17-14(6-5-7-14)8-10(18)19/h9H,5-8H2,1-4H3,(H,16,20)(H,18,19)(H2,15,17,21). The fraction of sp³-hybridized carbons (Fsp3) is 0.786. The minimum Gasteiger partial charge on any atom is -0.481 e. The molecule has 21 heavy (non-hydrogen) atoms. The van der Waals surface area contributed by atoms with Crippen molar-refractivity contribution >= 4 is 17.9 Å². The number of rotatable bonds is 5. The van der Waals surface area contributed by atoms with Crippen molar-refractivity contribution < 1.29 is 19.5 Å². The van der Waals surface area contributed by atoms with Crippen LogP contribution in [0.15, 0.2) is 0 Å². The second-order valence-electron chi connectivity index (χ2n) is 6.76. The van der Waals surface area contributed by atoms with Gasteiger partial charge < -0.3 is 21.1 Å². The third-order valence-corrected chi connectivity index (χ3v) is 3.42. The monoisotopic (exact) mass is 299 g/mol. The highest BCUT2D eigenvalue weighted by Crippen LogP contribution is 2.34. The summed E-state index contributed by atoms with van der Waals surface area (Å²) in [6, 6.07) is -1.20. The molecular formula is C14H25N3O4.